The van der Waals surface area contributed by atoms with E-state index in [9.17, 15) is 27.1 Å². The van der Waals surface area contributed by atoms with Crippen molar-refractivity contribution in [1.29, 1.82) is 0 Å². The van der Waals surface area contributed by atoms with Crippen LogP contribution in [0.25, 0.3) is 0 Å². The molecular formula is C20H23F5O3Si. The number of aliphatic hydroxyl groups is 1. The molecule has 0 unspecified atom stereocenters. The Morgan fingerprint density at radius 3 is 1.79 bits per heavy atom. The van der Waals surface area contributed by atoms with Crippen LogP contribution in [0.3, 0.4) is 0 Å². The molecule has 0 saturated carbocycles. The van der Waals surface area contributed by atoms with E-state index in [4.69, 9.17) is 9.16 Å². The summed E-state index contributed by atoms with van der Waals surface area (Å²) in [5.41, 5.74) is -0.670. The number of aliphatic hydroxyl groups excluding tert-OH is 1. The normalized spacial score (nSPS) is 12.2. The van der Waals surface area contributed by atoms with Crippen LogP contribution in [0.2, 0.25) is 18.1 Å². The summed E-state index contributed by atoms with van der Waals surface area (Å²) < 4.78 is 78.9. The molecule has 3 nitrogen and oxygen atoms in total. The molecule has 0 aliphatic rings. The first-order valence-corrected chi connectivity index (χ1v) is 11.8. The van der Waals surface area contributed by atoms with Crippen LogP contribution in [0.15, 0.2) is 18.2 Å². The molecule has 0 fully saturated rings. The Hall–Kier alpha value is -2.13. The van der Waals surface area contributed by atoms with Crippen molar-refractivity contribution in [3.05, 3.63) is 58.4 Å². The molecule has 0 heterocycles. The molecule has 0 aliphatic heterocycles. The van der Waals surface area contributed by atoms with Crippen LogP contribution < -0.4 is 9.16 Å². The fourth-order valence-corrected chi connectivity index (χ4v) is 3.26. The summed E-state index contributed by atoms with van der Waals surface area (Å²) in [6, 6.07) is 4.45. The standard InChI is InChI=1S/C20H23F5O3Si/c1-20(2,3)29(4,5)28-13-7-11(9-26)6-12(8-13)27-10-14-15(21)17(23)19(25)18(24)16(14)22/h6-8,26H,9-10H2,1-5H3. The van der Waals surface area contributed by atoms with Crippen LogP contribution >= 0.6 is 0 Å². The molecule has 1 N–H and O–H groups in total. The lowest BCUT2D eigenvalue weighted by molar-refractivity contribution is 0.270. The number of benzene rings is 2. The third-order valence-corrected chi connectivity index (χ3v) is 9.34. The van der Waals surface area contributed by atoms with Gasteiger partial charge in [0, 0.05) is 6.07 Å². The minimum Gasteiger partial charge on any atom is -0.543 e. The van der Waals surface area contributed by atoms with Gasteiger partial charge in [0.2, 0.25) is 14.1 Å². The molecule has 2 aromatic carbocycles. The number of hydrogen-bond acceptors (Lipinski definition) is 3. The molecule has 0 bridgehead atoms. The van der Waals surface area contributed by atoms with E-state index in [1.54, 1.807) is 6.07 Å². The first kappa shape index (κ1) is 23.1. The van der Waals surface area contributed by atoms with Crippen LogP contribution in [0.4, 0.5) is 22.0 Å². The van der Waals surface area contributed by atoms with E-state index in [0.29, 0.717) is 11.3 Å². The summed E-state index contributed by atoms with van der Waals surface area (Å²) >= 11 is 0. The highest BCUT2D eigenvalue weighted by Gasteiger charge is 2.39. The fourth-order valence-electron chi connectivity index (χ4n) is 2.24. The summed E-state index contributed by atoms with van der Waals surface area (Å²) in [7, 11) is -2.23. The van der Waals surface area contributed by atoms with E-state index in [0.717, 1.165) is 0 Å². The summed E-state index contributed by atoms with van der Waals surface area (Å²) in [5.74, 6) is -9.74. The molecule has 0 aliphatic carbocycles. The Kier molecular flexibility index (Phi) is 6.64. The predicted molar refractivity (Wildman–Crippen MR) is 101 cm³/mol. The van der Waals surface area contributed by atoms with Gasteiger partial charge in [0.25, 0.3) is 0 Å². The van der Waals surface area contributed by atoms with Gasteiger partial charge in [0.15, 0.2) is 23.3 Å². The van der Waals surface area contributed by atoms with E-state index >= 15 is 0 Å². The summed E-state index contributed by atoms with van der Waals surface area (Å²) in [6.45, 7) is 8.89. The van der Waals surface area contributed by atoms with Crippen molar-refractivity contribution >= 4 is 8.32 Å². The first-order chi connectivity index (χ1) is 13.3. The second kappa shape index (κ2) is 8.31. The van der Waals surface area contributed by atoms with E-state index < -0.39 is 49.6 Å². The van der Waals surface area contributed by atoms with Crippen LogP contribution in [0, 0.1) is 29.1 Å². The lowest BCUT2D eigenvalue weighted by Crippen LogP contribution is -2.43. The van der Waals surface area contributed by atoms with Crippen molar-refractivity contribution in [2.75, 3.05) is 0 Å². The van der Waals surface area contributed by atoms with Gasteiger partial charge >= 0.3 is 0 Å². The quantitative estimate of drug-likeness (QED) is 0.269. The van der Waals surface area contributed by atoms with Crippen molar-refractivity contribution in [2.24, 2.45) is 0 Å². The van der Waals surface area contributed by atoms with Crippen molar-refractivity contribution in [3.8, 4) is 11.5 Å². The topological polar surface area (TPSA) is 38.7 Å². The molecule has 9 heteroatoms. The van der Waals surface area contributed by atoms with Gasteiger partial charge in [-0.05, 0) is 35.8 Å². The van der Waals surface area contributed by atoms with Gasteiger partial charge in [-0.25, -0.2) is 22.0 Å². The maximum absolute atomic E-state index is 13.8. The summed E-state index contributed by atoms with van der Waals surface area (Å²) in [6.07, 6.45) is 0. The lowest BCUT2D eigenvalue weighted by atomic mass is 10.1. The minimum atomic E-state index is -2.23. The molecule has 0 aromatic heterocycles. The second-order valence-corrected chi connectivity index (χ2v) is 12.9. The fraction of sp³-hybridized carbons (Fsp3) is 0.400. The van der Waals surface area contributed by atoms with Crippen molar-refractivity contribution < 1.29 is 36.2 Å². The van der Waals surface area contributed by atoms with Crippen LogP contribution in [0.5, 0.6) is 11.5 Å². The van der Waals surface area contributed by atoms with Gasteiger partial charge in [-0.2, -0.15) is 0 Å². The van der Waals surface area contributed by atoms with E-state index in [2.05, 4.69) is 0 Å². The zero-order valence-electron chi connectivity index (χ0n) is 16.8. The molecule has 29 heavy (non-hydrogen) atoms. The Balaban J connectivity index is 2.33. The third kappa shape index (κ3) is 4.89. The molecule has 2 rings (SSSR count). The number of rotatable bonds is 6. The zero-order chi connectivity index (χ0) is 22.1. The molecule has 2 aromatic rings. The lowest BCUT2D eigenvalue weighted by Gasteiger charge is -2.36. The Bertz CT molecular complexity index is 881. The molecule has 0 radical (unpaired) electrons. The Labute approximate surface area is 167 Å². The molecule has 0 amide bonds. The maximum atomic E-state index is 13.8. The molecule has 0 saturated heterocycles. The largest absolute Gasteiger partial charge is 0.543 e. The van der Waals surface area contributed by atoms with Crippen LogP contribution in [-0.2, 0) is 13.2 Å². The zero-order valence-corrected chi connectivity index (χ0v) is 17.8. The predicted octanol–water partition coefficient (Wildman–Crippen LogP) is 5.84. The van der Waals surface area contributed by atoms with Crippen molar-refractivity contribution in [3.63, 3.8) is 0 Å². The SMILES string of the molecule is CC(C)(C)[Si](C)(C)Oc1cc(CO)cc(OCc2c(F)c(F)c(F)c(F)c2F)c1. The highest BCUT2D eigenvalue weighted by molar-refractivity contribution is 6.74. The smallest absolute Gasteiger partial charge is 0.250 e. The van der Waals surface area contributed by atoms with Gasteiger partial charge in [-0.3, -0.25) is 0 Å². The number of hydrogen-bond donors (Lipinski definition) is 1. The summed E-state index contributed by atoms with van der Waals surface area (Å²) in [5, 5.41) is 9.35. The van der Waals surface area contributed by atoms with Crippen molar-refractivity contribution in [1.82, 2.24) is 0 Å². The van der Waals surface area contributed by atoms with E-state index in [1.165, 1.54) is 12.1 Å². The third-order valence-electron chi connectivity index (χ3n) is 4.99. The van der Waals surface area contributed by atoms with Gasteiger partial charge in [0.05, 0.1) is 12.2 Å². The van der Waals surface area contributed by atoms with Gasteiger partial charge in [0.1, 0.15) is 18.1 Å². The maximum Gasteiger partial charge on any atom is 0.250 e. The van der Waals surface area contributed by atoms with E-state index in [-0.39, 0.29) is 17.4 Å². The molecule has 0 atom stereocenters. The van der Waals surface area contributed by atoms with E-state index in [1.807, 2.05) is 33.9 Å². The van der Waals surface area contributed by atoms with Crippen molar-refractivity contribution in [2.45, 2.75) is 52.1 Å². The van der Waals surface area contributed by atoms with Gasteiger partial charge in [-0.15, -0.1) is 0 Å². The minimum absolute atomic E-state index is 0.0641. The first-order valence-electron chi connectivity index (χ1n) is 8.85. The highest BCUT2D eigenvalue weighted by Crippen LogP contribution is 2.38. The average molecular weight is 434 g/mol. The van der Waals surface area contributed by atoms with Gasteiger partial charge in [-0.1, -0.05) is 20.8 Å². The van der Waals surface area contributed by atoms with Gasteiger partial charge < -0.3 is 14.3 Å². The highest BCUT2D eigenvalue weighted by atomic mass is 28.4. The number of ether oxygens (including phenoxy) is 1. The Morgan fingerprint density at radius 2 is 1.31 bits per heavy atom. The molecule has 160 valence electrons. The summed E-state index contributed by atoms with van der Waals surface area (Å²) in [4.78, 5) is 0. The Morgan fingerprint density at radius 1 is 0.828 bits per heavy atom. The second-order valence-electron chi connectivity index (χ2n) is 8.17. The molecular weight excluding hydrogens is 411 g/mol. The monoisotopic (exact) mass is 434 g/mol. The average Bonchev–Trinajstić information content (AvgIpc) is 2.63. The molecule has 0 spiro atoms. The number of halogens is 5. The van der Waals surface area contributed by atoms with Crippen LogP contribution in [0.1, 0.15) is 31.9 Å². The van der Waals surface area contributed by atoms with Crippen LogP contribution in [-0.4, -0.2) is 13.4 Å².